The van der Waals surface area contributed by atoms with E-state index in [9.17, 15) is 15.2 Å². The van der Waals surface area contributed by atoms with Crippen molar-refractivity contribution in [2.45, 2.75) is 31.6 Å². The van der Waals surface area contributed by atoms with Crippen molar-refractivity contribution in [3.63, 3.8) is 0 Å². The van der Waals surface area contributed by atoms with Gasteiger partial charge in [0.1, 0.15) is 18.0 Å². The van der Waals surface area contributed by atoms with Crippen LogP contribution in [-0.4, -0.2) is 22.2 Å². The zero-order chi connectivity index (χ0) is 12.6. The molecule has 6 heteroatoms. The van der Waals surface area contributed by atoms with Crippen LogP contribution in [0.3, 0.4) is 0 Å². The second-order valence-electron chi connectivity index (χ2n) is 4.06. The molecule has 1 aliphatic heterocycles. The number of ether oxygens (including phenoxy) is 1. The molecule has 0 spiro atoms. The summed E-state index contributed by atoms with van der Waals surface area (Å²) >= 11 is 0. The third-order valence-corrected chi connectivity index (χ3v) is 2.99. The SMILES string of the molecule is CC[C@@H]1Oc2ccc([N+](=O)[O-])cc2C(N)[C@H]1O. The van der Waals surface area contributed by atoms with Crippen LogP contribution in [0.1, 0.15) is 24.9 Å². The Labute approximate surface area is 98.2 Å². The van der Waals surface area contributed by atoms with Crippen molar-refractivity contribution in [3.05, 3.63) is 33.9 Å². The molecule has 0 amide bonds. The summed E-state index contributed by atoms with van der Waals surface area (Å²) in [5.74, 6) is 0.514. The van der Waals surface area contributed by atoms with Gasteiger partial charge in [-0.1, -0.05) is 6.92 Å². The number of rotatable bonds is 2. The highest BCUT2D eigenvalue weighted by molar-refractivity contribution is 5.47. The number of nitro groups is 1. The summed E-state index contributed by atoms with van der Waals surface area (Å²) in [7, 11) is 0. The third kappa shape index (κ3) is 1.96. The number of nitrogens with zero attached hydrogens (tertiary/aromatic N) is 1. The molecule has 1 unspecified atom stereocenters. The van der Waals surface area contributed by atoms with E-state index in [2.05, 4.69) is 0 Å². The first-order chi connectivity index (χ1) is 8.04. The highest BCUT2D eigenvalue weighted by Gasteiger charge is 2.34. The topological polar surface area (TPSA) is 98.6 Å². The second-order valence-corrected chi connectivity index (χ2v) is 4.06. The van der Waals surface area contributed by atoms with Crippen molar-refractivity contribution >= 4 is 5.69 Å². The molecule has 0 radical (unpaired) electrons. The second kappa shape index (κ2) is 4.31. The molecule has 0 saturated heterocycles. The van der Waals surface area contributed by atoms with Crippen LogP contribution >= 0.6 is 0 Å². The molecule has 1 heterocycles. The number of nitrogens with two attached hydrogens (primary N) is 1. The van der Waals surface area contributed by atoms with Gasteiger partial charge in [0, 0.05) is 17.7 Å². The Morgan fingerprint density at radius 2 is 2.29 bits per heavy atom. The number of hydrogen-bond donors (Lipinski definition) is 2. The lowest BCUT2D eigenvalue weighted by molar-refractivity contribution is -0.385. The molecule has 0 saturated carbocycles. The summed E-state index contributed by atoms with van der Waals surface area (Å²) < 4.78 is 5.55. The van der Waals surface area contributed by atoms with E-state index in [1.54, 1.807) is 0 Å². The van der Waals surface area contributed by atoms with Gasteiger partial charge in [-0.25, -0.2) is 0 Å². The van der Waals surface area contributed by atoms with Crippen LogP contribution in [0.25, 0.3) is 0 Å². The van der Waals surface area contributed by atoms with Gasteiger partial charge in [-0.2, -0.15) is 0 Å². The van der Waals surface area contributed by atoms with Crippen molar-refractivity contribution in [2.24, 2.45) is 5.73 Å². The van der Waals surface area contributed by atoms with Gasteiger partial charge in [0.15, 0.2) is 0 Å². The first-order valence-electron chi connectivity index (χ1n) is 5.43. The van der Waals surface area contributed by atoms with Crippen LogP contribution in [0.2, 0.25) is 0 Å². The fourth-order valence-corrected chi connectivity index (χ4v) is 1.99. The van der Waals surface area contributed by atoms with E-state index in [0.717, 1.165) is 0 Å². The molecule has 0 aromatic heterocycles. The first kappa shape index (κ1) is 11.8. The van der Waals surface area contributed by atoms with Gasteiger partial charge < -0.3 is 15.6 Å². The summed E-state index contributed by atoms with van der Waals surface area (Å²) in [4.78, 5) is 10.2. The Bertz CT molecular complexity index is 449. The molecular weight excluding hydrogens is 224 g/mol. The number of fused-ring (bicyclic) bond motifs is 1. The molecule has 0 aliphatic carbocycles. The van der Waals surface area contributed by atoms with Gasteiger partial charge in [-0.05, 0) is 12.5 Å². The van der Waals surface area contributed by atoms with Crippen molar-refractivity contribution < 1.29 is 14.8 Å². The monoisotopic (exact) mass is 238 g/mol. The molecule has 0 bridgehead atoms. The maximum Gasteiger partial charge on any atom is 0.270 e. The van der Waals surface area contributed by atoms with E-state index in [1.165, 1.54) is 18.2 Å². The third-order valence-electron chi connectivity index (χ3n) is 2.99. The van der Waals surface area contributed by atoms with Crippen molar-refractivity contribution in [2.75, 3.05) is 0 Å². The maximum absolute atomic E-state index is 10.7. The van der Waals surface area contributed by atoms with E-state index in [0.29, 0.717) is 17.7 Å². The minimum atomic E-state index is -0.838. The molecule has 1 aromatic rings. The standard InChI is InChI=1S/C11H14N2O4/c1-2-8-11(14)10(12)7-5-6(13(15)16)3-4-9(7)17-8/h3-5,8,10-11,14H,2,12H2,1H3/t8-,10?,11-/m0/s1. The molecule has 17 heavy (non-hydrogen) atoms. The molecule has 3 atom stereocenters. The van der Waals surface area contributed by atoms with Gasteiger partial charge in [0.05, 0.1) is 11.0 Å². The number of hydrogen-bond acceptors (Lipinski definition) is 5. The van der Waals surface area contributed by atoms with Crippen LogP contribution in [0.4, 0.5) is 5.69 Å². The molecule has 1 aromatic carbocycles. The predicted molar refractivity (Wildman–Crippen MR) is 60.7 cm³/mol. The molecule has 6 nitrogen and oxygen atoms in total. The van der Waals surface area contributed by atoms with E-state index in [1.807, 2.05) is 6.92 Å². The molecule has 92 valence electrons. The Hall–Kier alpha value is -1.66. The summed E-state index contributed by atoms with van der Waals surface area (Å²) in [6.45, 7) is 1.89. The van der Waals surface area contributed by atoms with Gasteiger partial charge >= 0.3 is 0 Å². The highest BCUT2D eigenvalue weighted by Crippen LogP contribution is 2.36. The summed E-state index contributed by atoms with van der Waals surface area (Å²) in [6, 6.07) is 3.61. The average Bonchev–Trinajstić information content (AvgIpc) is 2.33. The van der Waals surface area contributed by atoms with Crippen molar-refractivity contribution in [1.29, 1.82) is 0 Å². The molecular formula is C11H14N2O4. The van der Waals surface area contributed by atoms with Crippen LogP contribution in [-0.2, 0) is 0 Å². The van der Waals surface area contributed by atoms with Gasteiger partial charge in [0.25, 0.3) is 5.69 Å². The van der Waals surface area contributed by atoms with Gasteiger partial charge in [-0.15, -0.1) is 0 Å². The van der Waals surface area contributed by atoms with Crippen LogP contribution in [0, 0.1) is 10.1 Å². The summed E-state index contributed by atoms with van der Waals surface area (Å²) in [5.41, 5.74) is 6.30. The zero-order valence-corrected chi connectivity index (χ0v) is 9.37. The van der Waals surface area contributed by atoms with Crippen LogP contribution in [0.5, 0.6) is 5.75 Å². The Morgan fingerprint density at radius 1 is 1.59 bits per heavy atom. The number of nitro benzene ring substituents is 1. The molecule has 0 fully saturated rings. The quantitative estimate of drug-likeness (QED) is 0.594. The Balaban J connectivity index is 2.42. The zero-order valence-electron chi connectivity index (χ0n) is 9.37. The van der Waals surface area contributed by atoms with Gasteiger partial charge in [-0.3, -0.25) is 10.1 Å². The van der Waals surface area contributed by atoms with Crippen LogP contribution < -0.4 is 10.5 Å². The lowest BCUT2D eigenvalue weighted by Gasteiger charge is -2.34. The normalized spacial score (nSPS) is 27.1. The smallest absolute Gasteiger partial charge is 0.270 e. The molecule has 2 rings (SSSR count). The predicted octanol–water partition coefficient (Wildman–Crippen LogP) is 1.13. The lowest BCUT2D eigenvalue weighted by Crippen LogP contribution is -2.43. The minimum Gasteiger partial charge on any atom is -0.487 e. The molecule has 1 aliphatic rings. The van der Waals surface area contributed by atoms with Crippen molar-refractivity contribution in [3.8, 4) is 5.75 Å². The van der Waals surface area contributed by atoms with Gasteiger partial charge in [0.2, 0.25) is 0 Å². The number of aliphatic hydroxyl groups is 1. The Kier molecular flexibility index (Phi) is 2.99. The van der Waals surface area contributed by atoms with E-state index >= 15 is 0 Å². The lowest BCUT2D eigenvalue weighted by atomic mass is 9.93. The Morgan fingerprint density at radius 3 is 2.88 bits per heavy atom. The fraction of sp³-hybridized carbons (Fsp3) is 0.455. The van der Waals surface area contributed by atoms with E-state index in [-0.39, 0.29) is 11.8 Å². The van der Waals surface area contributed by atoms with E-state index in [4.69, 9.17) is 10.5 Å². The largest absolute Gasteiger partial charge is 0.487 e. The van der Waals surface area contributed by atoms with Crippen molar-refractivity contribution in [1.82, 2.24) is 0 Å². The maximum atomic E-state index is 10.7. The van der Waals surface area contributed by atoms with E-state index < -0.39 is 17.1 Å². The number of aliphatic hydroxyl groups excluding tert-OH is 1. The highest BCUT2D eigenvalue weighted by atomic mass is 16.6. The first-order valence-corrected chi connectivity index (χ1v) is 5.43. The number of benzene rings is 1. The number of non-ortho nitro benzene ring substituents is 1. The minimum absolute atomic E-state index is 0.0510. The average molecular weight is 238 g/mol. The summed E-state index contributed by atoms with van der Waals surface area (Å²) in [6.07, 6.45) is -0.570. The van der Waals surface area contributed by atoms with Crippen LogP contribution in [0.15, 0.2) is 18.2 Å². The molecule has 3 N–H and O–H groups in total. The summed E-state index contributed by atoms with van der Waals surface area (Å²) in [5, 5.41) is 20.6. The fourth-order valence-electron chi connectivity index (χ4n) is 1.99.